The van der Waals surface area contributed by atoms with Crippen LogP contribution in [0.2, 0.25) is 5.15 Å². The number of likely N-dealkylation sites (N-methyl/N-ethyl adjacent to an activating group) is 1. The first kappa shape index (κ1) is 10.6. The number of nitrogens with one attached hydrogen (secondary N) is 1. The smallest absolute Gasteiger partial charge is 0.151 e. The van der Waals surface area contributed by atoms with Crippen molar-refractivity contribution in [1.29, 1.82) is 0 Å². The zero-order chi connectivity index (χ0) is 10.7. The molecule has 1 aromatic heterocycles. The SMILES string of the molecule is CN1CCCC1CNc1ccc(Cl)nn1. The van der Waals surface area contributed by atoms with Gasteiger partial charge in [-0.25, -0.2) is 0 Å². The largest absolute Gasteiger partial charge is 0.367 e. The summed E-state index contributed by atoms with van der Waals surface area (Å²) in [5.74, 6) is 0.791. The Morgan fingerprint density at radius 1 is 1.53 bits per heavy atom. The van der Waals surface area contributed by atoms with Crippen molar-refractivity contribution in [2.45, 2.75) is 18.9 Å². The summed E-state index contributed by atoms with van der Waals surface area (Å²) in [6, 6.07) is 4.21. The highest BCUT2D eigenvalue weighted by molar-refractivity contribution is 6.29. The van der Waals surface area contributed by atoms with E-state index in [1.165, 1.54) is 19.4 Å². The van der Waals surface area contributed by atoms with E-state index in [4.69, 9.17) is 11.6 Å². The number of nitrogens with zero attached hydrogens (tertiary/aromatic N) is 3. The maximum Gasteiger partial charge on any atom is 0.151 e. The van der Waals surface area contributed by atoms with Crippen molar-refractivity contribution in [3.63, 3.8) is 0 Å². The Labute approximate surface area is 94.6 Å². The standard InChI is InChI=1S/C10H15ClN4/c1-15-6-2-3-8(15)7-12-10-5-4-9(11)13-14-10/h4-5,8H,2-3,6-7H2,1H3,(H,12,14). The van der Waals surface area contributed by atoms with Crippen molar-refractivity contribution < 1.29 is 0 Å². The molecule has 4 nitrogen and oxygen atoms in total. The molecule has 0 spiro atoms. The summed E-state index contributed by atoms with van der Waals surface area (Å²) >= 11 is 5.65. The quantitative estimate of drug-likeness (QED) is 0.851. The highest BCUT2D eigenvalue weighted by Gasteiger charge is 2.20. The number of rotatable bonds is 3. The van der Waals surface area contributed by atoms with Gasteiger partial charge in [0.1, 0.15) is 5.82 Å². The molecule has 1 N–H and O–H groups in total. The van der Waals surface area contributed by atoms with Gasteiger partial charge in [0.05, 0.1) is 0 Å². The van der Waals surface area contributed by atoms with Gasteiger partial charge in [0.25, 0.3) is 0 Å². The maximum absolute atomic E-state index is 5.65. The van der Waals surface area contributed by atoms with Crippen molar-refractivity contribution in [3.05, 3.63) is 17.3 Å². The van der Waals surface area contributed by atoms with E-state index in [0.29, 0.717) is 11.2 Å². The molecule has 2 rings (SSSR count). The van der Waals surface area contributed by atoms with E-state index >= 15 is 0 Å². The molecule has 0 aliphatic carbocycles. The second-order valence-electron chi connectivity index (χ2n) is 3.90. The molecule has 1 unspecified atom stereocenters. The molecular weight excluding hydrogens is 212 g/mol. The van der Waals surface area contributed by atoms with Gasteiger partial charge in [-0.3, -0.25) is 0 Å². The number of hydrogen-bond donors (Lipinski definition) is 1. The molecule has 1 aromatic rings. The normalized spacial score (nSPS) is 21.9. The van der Waals surface area contributed by atoms with E-state index in [0.717, 1.165) is 12.4 Å². The summed E-state index contributed by atoms with van der Waals surface area (Å²) in [4.78, 5) is 2.37. The van der Waals surface area contributed by atoms with Gasteiger partial charge in [0.15, 0.2) is 5.15 Å². The molecule has 82 valence electrons. The Bertz CT molecular complexity index is 314. The van der Waals surface area contributed by atoms with Gasteiger partial charge < -0.3 is 10.2 Å². The van der Waals surface area contributed by atoms with Gasteiger partial charge in [0.2, 0.25) is 0 Å². The lowest BCUT2D eigenvalue weighted by Crippen LogP contribution is -2.31. The zero-order valence-corrected chi connectivity index (χ0v) is 9.54. The fraction of sp³-hybridized carbons (Fsp3) is 0.600. The number of aromatic nitrogens is 2. The third-order valence-electron chi connectivity index (χ3n) is 2.82. The summed E-state index contributed by atoms with van der Waals surface area (Å²) in [6.45, 7) is 2.12. The van der Waals surface area contributed by atoms with Crippen LogP contribution in [0.15, 0.2) is 12.1 Å². The highest BCUT2D eigenvalue weighted by Crippen LogP contribution is 2.15. The Morgan fingerprint density at radius 3 is 3.00 bits per heavy atom. The van der Waals surface area contributed by atoms with Gasteiger partial charge in [-0.15, -0.1) is 10.2 Å². The molecule has 0 aromatic carbocycles. The first-order valence-electron chi connectivity index (χ1n) is 5.19. The Morgan fingerprint density at radius 2 is 2.40 bits per heavy atom. The molecule has 0 amide bonds. The van der Waals surface area contributed by atoms with Gasteiger partial charge in [-0.05, 0) is 38.6 Å². The predicted molar refractivity (Wildman–Crippen MR) is 61.2 cm³/mol. The van der Waals surface area contributed by atoms with Crippen molar-refractivity contribution in [1.82, 2.24) is 15.1 Å². The van der Waals surface area contributed by atoms with Crippen molar-refractivity contribution in [2.24, 2.45) is 0 Å². The summed E-state index contributed by atoms with van der Waals surface area (Å²) in [5, 5.41) is 11.4. The van der Waals surface area contributed by atoms with Crippen LogP contribution < -0.4 is 5.32 Å². The minimum Gasteiger partial charge on any atom is -0.367 e. The van der Waals surface area contributed by atoms with Crippen LogP contribution in [0.5, 0.6) is 0 Å². The number of halogens is 1. The van der Waals surface area contributed by atoms with E-state index in [1.54, 1.807) is 6.07 Å². The first-order chi connectivity index (χ1) is 7.25. The summed E-state index contributed by atoms with van der Waals surface area (Å²) in [5.41, 5.74) is 0. The van der Waals surface area contributed by atoms with E-state index in [9.17, 15) is 0 Å². The average molecular weight is 227 g/mol. The Balaban J connectivity index is 1.85. The van der Waals surface area contributed by atoms with Crippen LogP contribution in [0.4, 0.5) is 5.82 Å². The molecule has 5 heteroatoms. The molecule has 0 radical (unpaired) electrons. The van der Waals surface area contributed by atoms with Gasteiger partial charge in [0, 0.05) is 12.6 Å². The molecule has 1 atom stereocenters. The minimum atomic E-state index is 0.429. The van der Waals surface area contributed by atoms with Crippen molar-refractivity contribution >= 4 is 17.4 Å². The molecule has 1 fully saturated rings. The van der Waals surface area contributed by atoms with Gasteiger partial charge in [-0.2, -0.15) is 0 Å². The average Bonchev–Trinajstić information content (AvgIpc) is 2.63. The Kier molecular flexibility index (Phi) is 3.38. The topological polar surface area (TPSA) is 41.0 Å². The van der Waals surface area contributed by atoms with E-state index in [2.05, 4.69) is 27.5 Å². The van der Waals surface area contributed by atoms with Crippen molar-refractivity contribution in [2.75, 3.05) is 25.5 Å². The van der Waals surface area contributed by atoms with Gasteiger partial charge >= 0.3 is 0 Å². The van der Waals surface area contributed by atoms with E-state index < -0.39 is 0 Å². The highest BCUT2D eigenvalue weighted by atomic mass is 35.5. The fourth-order valence-electron chi connectivity index (χ4n) is 1.87. The fourth-order valence-corrected chi connectivity index (χ4v) is 1.97. The van der Waals surface area contributed by atoms with Crippen molar-refractivity contribution in [3.8, 4) is 0 Å². The van der Waals surface area contributed by atoms with Crippen LogP contribution in [0.1, 0.15) is 12.8 Å². The van der Waals surface area contributed by atoms with Crippen LogP contribution in [0.25, 0.3) is 0 Å². The lowest BCUT2D eigenvalue weighted by molar-refractivity contribution is 0.322. The van der Waals surface area contributed by atoms with E-state index in [-0.39, 0.29) is 0 Å². The molecule has 1 aliphatic rings. The first-order valence-corrected chi connectivity index (χ1v) is 5.57. The van der Waals surface area contributed by atoms with Gasteiger partial charge in [-0.1, -0.05) is 11.6 Å². The number of hydrogen-bond acceptors (Lipinski definition) is 4. The second kappa shape index (κ2) is 4.77. The summed E-state index contributed by atoms with van der Waals surface area (Å²) in [6.07, 6.45) is 2.54. The maximum atomic E-state index is 5.65. The lowest BCUT2D eigenvalue weighted by Gasteiger charge is -2.19. The summed E-state index contributed by atoms with van der Waals surface area (Å²) < 4.78 is 0. The molecule has 0 saturated carbocycles. The molecule has 2 heterocycles. The zero-order valence-electron chi connectivity index (χ0n) is 8.78. The predicted octanol–water partition coefficient (Wildman–Crippen LogP) is 1.64. The number of anilines is 1. The molecular formula is C10H15ClN4. The van der Waals surface area contributed by atoms with Crippen LogP contribution in [-0.4, -0.2) is 41.3 Å². The third-order valence-corrected chi connectivity index (χ3v) is 3.02. The summed E-state index contributed by atoms with van der Waals surface area (Å²) in [7, 11) is 2.16. The van der Waals surface area contributed by atoms with E-state index in [1.807, 2.05) is 6.07 Å². The molecule has 0 bridgehead atoms. The molecule has 1 aliphatic heterocycles. The Hall–Kier alpha value is -0.870. The van der Waals surface area contributed by atoms with Crippen LogP contribution in [0, 0.1) is 0 Å². The minimum absolute atomic E-state index is 0.429. The third kappa shape index (κ3) is 2.79. The van der Waals surface area contributed by atoms with Crippen LogP contribution >= 0.6 is 11.6 Å². The monoisotopic (exact) mass is 226 g/mol. The van der Waals surface area contributed by atoms with Crippen LogP contribution in [0.3, 0.4) is 0 Å². The molecule has 15 heavy (non-hydrogen) atoms. The van der Waals surface area contributed by atoms with Crippen LogP contribution in [-0.2, 0) is 0 Å². The number of likely N-dealkylation sites (tertiary alicyclic amines) is 1. The molecule has 1 saturated heterocycles. The lowest BCUT2D eigenvalue weighted by atomic mass is 10.2. The second-order valence-corrected chi connectivity index (χ2v) is 4.29.